The maximum atomic E-state index is 11.9. The third-order valence-electron chi connectivity index (χ3n) is 3.08. The van der Waals surface area contributed by atoms with E-state index in [2.05, 4.69) is 18.7 Å². The third-order valence-corrected chi connectivity index (χ3v) is 3.08. The van der Waals surface area contributed by atoms with Crippen LogP contribution in [-0.4, -0.2) is 43.7 Å². The number of hydrogen-bond donors (Lipinski definition) is 0. The summed E-state index contributed by atoms with van der Waals surface area (Å²) in [6, 6.07) is 7.14. The van der Waals surface area contributed by atoms with E-state index in [0.717, 1.165) is 26.1 Å². The van der Waals surface area contributed by atoms with Crippen LogP contribution in [0.5, 0.6) is 5.75 Å². The number of benzene rings is 1. The Morgan fingerprint density at radius 2 is 1.90 bits per heavy atom. The van der Waals surface area contributed by atoms with Gasteiger partial charge in [0, 0.05) is 6.54 Å². The molecule has 0 radical (unpaired) electrons. The van der Waals surface area contributed by atoms with E-state index in [1.807, 2.05) is 19.1 Å². The van der Waals surface area contributed by atoms with Crippen molar-refractivity contribution >= 4 is 5.97 Å². The lowest BCUT2D eigenvalue weighted by atomic mass is 10.2. The Kier molecular flexibility index (Phi) is 7.73. The van der Waals surface area contributed by atoms with E-state index in [1.165, 1.54) is 0 Å². The van der Waals surface area contributed by atoms with Crippen LogP contribution in [0.1, 0.15) is 37.6 Å². The molecule has 20 heavy (non-hydrogen) atoms. The molecule has 0 aliphatic rings. The summed E-state index contributed by atoms with van der Waals surface area (Å²) in [5.41, 5.74) is 0.540. The molecule has 112 valence electrons. The zero-order chi connectivity index (χ0) is 14.8. The molecule has 0 amide bonds. The molecule has 0 N–H and O–H groups in total. The number of ether oxygens (including phenoxy) is 2. The Morgan fingerprint density at radius 3 is 2.55 bits per heavy atom. The number of hydrogen-bond acceptors (Lipinski definition) is 4. The lowest BCUT2D eigenvalue weighted by molar-refractivity contribution is 0.0466. The normalized spacial score (nSPS) is 10.6. The van der Waals surface area contributed by atoms with Gasteiger partial charge in [-0.05, 0) is 37.7 Å². The van der Waals surface area contributed by atoms with Gasteiger partial charge in [0.25, 0.3) is 0 Å². The predicted octanol–water partition coefficient (Wildman–Crippen LogP) is 2.97. The molecule has 0 aliphatic heterocycles. The summed E-state index contributed by atoms with van der Waals surface area (Å²) < 4.78 is 10.8. The van der Waals surface area contributed by atoms with Gasteiger partial charge >= 0.3 is 5.97 Å². The number of esters is 1. The second kappa shape index (κ2) is 9.37. The monoisotopic (exact) mass is 279 g/mol. The van der Waals surface area contributed by atoms with Gasteiger partial charge in [-0.2, -0.15) is 0 Å². The average molecular weight is 279 g/mol. The summed E-state index contributed by atoms with van der Waals surface area (Å²) in [5.74, 6) is 0.421. The molecule has 0 saturated carbocycles. The summed E-state index contributed by atoms with van der Waals surface area (Å²) >= 11 is 0. The van der Waals surface area contributed by atoms with Crippen LogP contribution in [0.3, 0.4) is 0 Å². The van der Waals surface area contributed by atoms with Gasteiger partial charge in [-0.25, -0.2) is 4.79 Å². The highest BCUT2D eigenvalue weighted by Crippen LogP contribution is 2.14. The lowest BCUT2D eigenvalue weighted by Gasteiger charge is -2.17. The minimum absolute atomic E-state index is 0.292. The fraction of sp³-hybridized carbons (Fsp3) is 0.562. The molecule has 4 heteroatoms. The number of likely N-dealkylation sites (N-methyl/N-ethyl adjacent to an activating group) is 1. The summed E-state index contributed by atoms with van der Waals surface area (Å²) in [6.07, 6.45) is 0.943. The van der Waals surface area contributed by atoms with Gasteiger partial charge in [0.15, 0.2) is 0 Å². The molecule has 1 aromatic carbocycles. The summed E-state index contributed by atoms with van der Waals surface area (Å²) in [7, 11) is 0. The summed E-state index contributed by atoms with van der Waals surface area (Å²) in [5, 5.41) is 0. The standard InChI is InChI=1S/C16H25NO3/c1-4-11-19-15-9-7-8-14(13-15)16(18)20-12-10-17(5-2)6-3/h7-9,13H,4-6,10-12H2,1-3H3. The van der Waals surface area contributed by atoms with Crippen LogP contribution in [0.4, 0.5) is 0 Å². The Bertz CT molecular complexity index is 402. The lowest BCUT2D eigenvalue weighted by Crippen LogP contribution is -2.27. The maximum Gasteiger partial charge on any atom is 0.338 e. The third kappa shape index (κ3) is 5.61. The van der Waals surface area contributed by atoms with Crippen LogP contribution >= 0.6 is 0 Å². The van der Waals surface area contributed by atoms with Crippen molar-refractivity contribution in [2.45, 2.75) is 27.2 Å². The Morgan fingerprint density at radius 1 is 1.15 bits per heavy atom. The van der Waals surface area contributed by atoms with E-state index in [4.69, 9.17) is 9.47 Å². The van der Waals surface area contributed by atoms with Crippen LogP contribution in [0.2, 0.25) is 0 Å². The van der Waals surface area contributed by atoms with Crippen LogP contribution in [0.15, 0.2) is 24.3 Å². The minimum Gasteiger partial charge on any atom is -0.494 e. The first-order chi connectivity index (χ1) is 9.71. The van der Waals surface area contributed by atoms with Gasteiger partial charge < -0.3 is 14.4 Å². The fourth-order valence-electron chi connectivity index (χ4n) is 1.82. The molecule has 1 rings (SSSR count). The predicted molar refractivity (Wildman–Crippen MR) is 80.3 cm³/mol. The second-order valence-corrected chi connectivity index (χ2v) is 4.54. The van der Waals surface area contributed by atoms with Crippen LogP contribution < -0.4 is 4.74 Å². The summed E-state index contributed by atoms with van der Waals surface area (Å²) in [6.45, 7) is 10.0. The molecule has 0 bridgehead atoms. The van der Waals surface area contributed by atoms with Gasteiger partial charge in [-0.3, -0.25) is 0 Å². The van der Waals surface area contributed by atoms with Crippen molar-refractivity contribution in [3.63, 3.8) is 0 Å². The first kappa shape index (κ1) is 16.5. The first-order valence-electron chi connectivity index (χ1n) is 7.33. The van der Waals surface area contributed by atoms with E-state index >= 15 is 0 Å². The van der Waals surface area contributed by atoms with Crippen molar-refractivity contribution in [3.05, 3.63) is 29.8 Å². The molecule has 0 atom stereocenters. The maximum absolute atomic E-state index is 11.9. The zero-order valence-corrected chi connectivity index (χ0v) is 12.7. The molecule has 0 fully saturated rings. The first-order valence-corrected chi connectivity index (χ1v) is 7.33. The van der Waals surface area contributed by atoms with Gasteiger partial charge in [0.1, 0.15) is 12.4 Å². The molecular formula is C16H25NO3. The molecule has 1 aromatic rings. The van der Waals surface area contributed by atoms with Crippen LogP contribution in [0.25, 0.3) is 0 Å². The van der Waals surface area contributed by atoms with E-state index in [1.54, 1.807) is 12.1 Å². The molecular weight excluding hydrogens is 254 g/mol. The van der Waals surface area contributed by atoms with Crippen molar-refractivity contribution in [1.29, 1.82) is 0 Å². The number of carbonyl (C=O) groups excluding carboxylic acids is 1. The van der Waals surface area contributed by atoms with Gasteiger partial charge in [0.2, 0.25) is 0 Å². The highest BCUT2D eigenvalue weighted by atomic mass is 16.5. The van der Waals surface area contributed by atoms with Crippen molar-refractivity contribution in [1.82, 2.24) is 4.90 Å². The Labute approximate surface area is 121 Å². The summed E-state index contributed by atoms with van der Waals surface area (Å²) in [4.78, 5) is 14.1. The highest BCUT2D eigenvalue weighted by molar-refractivity contribution is 5.89. The van der Waals surface area contributed by atoms with Crippen molar-refractivity contribution < 1.29 is 14.3 Å². The van der Waals surface area contributed by atoms with E-state index in [9.17, 15) is 4.79 Å². The fourth-order valence-corrected chi connectivity index (χ4v) is 1.82. The molecule has 0 saturated heterocycles. The molecule has 0 spiro atoms. The molecule has 0 aromatic heterocycles. The zero-order valence-electron chi connectivity index (χ0n) is 12.7. The smallest absolute Gasteiger partial charge is 0.338 e. The molecule has 0 unspecified atom stereocenters. The average Bonchev–Trinajstić information content (AvgIpc) is 2.49. The minimum atomic E-state index is -0.292. The molecule has 4 nitrogen and oxygen atoms in total. The van der Waals surface area contributed by atoms with E-state index in [-0.39, 0.29) is 5.97 Å². The molecule has 0 aliphatic carbocycles. The van der Waals surface area contributed by atoms with Gasteiger partial charge in [-0.15, -0.1) is 0 Å². The van der Waals surface area contributed by atoms with Crippen molar-refractivity contribution in [2.24, 2.45) is 0 Å². The Hall–Kier alpha value is -1.55. The number of carbonyl (C=O) groups is 1. The molecule has 0 heterocycles. The van der Waals surface area contributed by atoms with E-state index in [0.29, 0.717) is 24.5 Å². The van der Waals surface area contributed by atoms with Crippen molar-refractivity contribution in [2.75, 3.05) is 32.8 Å². The van der Waals surface area contributed by atoms with Gasteiger partial charge in [0.05, 0.1) is 12.2 Å². The second-order valence-electron chi connectivity index (χ2n) is 4.54. The van der Waals surface area contributed by atoms with Crippen LogP contribution in [-0.2, 0) is 4.74 Å². The topological polar surface area (TPSA) is 38.8 Å². The Balaban J connectivity index is 2.46. The van der Waals surface area contributed by atoms with E-state index < -0.39 is 0 Å². The SMILES string of the molecule is CCCOc1cccc(C(=O)OCCN(CC)CC)c1. The number of rotatable bonds is 9. The number of nitrogens with zero attached hydrogens (tertiary/aromatic N) is 1. The quantitative estimate of drug-likeness (QED) is 0.651. The van der Waals surface area contributed by atoms with Crippen molar-refractivity contribution in [3.8, 4) is 5.75 Å². The largest absolute Gasteiger partial charge is 0.494 e. The van der Waals surface area contributed by atoms with Crippen LogP contribution in [0, 0.1) is 0 Å². The van der Waals surface area contributed by atoms with Gasteiger partial charge in [-0.1, -0.05) is 26.8 Å². The highest BCUT2D eigenvalue weighted by Gasteiger charge is 2.09.